The molecule has 2 aliphatic carbocycles. The van der Waals surface area contributed by atoms with Crippen LogP contribution in [0.4, 0.5) is 0 Å². The molecule has 2 aliphatic rings. The highest BCUT2D eigenvalue weighted by Gasteiger charge is 2.49. The van der Waals surface area contributed by atoms with Crippen LogP contribution in [0.1, 0.15) is 46.6 Å². The molecule has 2 heteroatoms. The molecule has 0 aromatic heterocycles. The average molecular weight is 314 g/mol. The summed E-state index contributed by atoms with van der Waals surface area (Å²) < 4.78 is 0. The Hall–Kier alpha value is -1.70. The second-order valence-electron chi connectivity index (χ2n) is 5.74. The minimum atomic E-state index is -0.0901. The molecule has 0 aliphatic heterocycles. The van der Waals surface area contributed by atoms with Crippen molar-refractivity contribution in [3.8, 4) is 0 Å². The second-order valence-corrected chi connectivity index (χ2v) is 5.74. The minimum absolute atomic E-state index is 0.0776. The molecule has 3 rings (SSSR count). The molecule has 0 heterocycles. The lowest BCUT2D eigenvalue weighted by Gasteiger charge is -2.24. The number of rotatable bonds is 4. The normalized spacial score (nSPS) is 26.7. The topological polar surface area (TPSA) is 34.1 Å². The maximum Gasteiger partial charge on any atom is 0.141 e. The van der Waals surface area contributed by atoms with Gasteiger partial charge >= 0.3 is 0 Å². The lowest BCUT2D eigenvalue weighted by Crippen LogP contribution is -2.32. The number of hydrogen-bond donors (Lipinski definition) is 0. The van der Waals surface area contributed by atoms with Crippen LogP contribution in [0.5, 0.6) is 0 Å². The Morgan fingerprint density at radius 3 is 1.96 bits per heavy atom. The number of Topliss-reactive ketones (excluding diaryl/α,β-unsaturated/α-hetero) is 2. The van der Waals surface area contributed by atoms with Crippen molar-refractivity contribution < 1.29 is 9.59 Å². The summed E-state index contributed by atoms with van der Waals surface area (Å²) >= 11 is 0. The van der Waals surface area contributed by atoms with Gasteiger partial charge in [-0.2, -0.15) is 0 Å². The number of carbonyl (C=O) groups excluding carboxylic acids is 2. The number of benzene rings is 1. The van der Waals surface area contributed by atoms with Gasteiger partial charge < -0.3 is 0 Å². The zero-order chi connectivity index (χ0) is 17.4. The standard InChI is InChI=1S/C17H18O2.2C2H6/c1-11(18)16-13-7-8-14(10-13)17(16)15(19)9-12-5-3-2-4-6-12;2*1-2/h2-8,13-14,16-17H,9-10H2,1H3;2*1-2H3. The quantitative estimate of drug-likeness (QED) is 0.742. The minimum Gasteiger partial charge on any atom is -0.300 e. The van der Waals surface area contributed by atoms with E-state index in [1.807, 2.05) is 58.0 Å². The molecule has 126 valence electrons. The molecule has 0 saturated heterocycles. The summed E-state index contributed by atoms with van der Waals surface area (Å²) in [6, 6.07) is 9.80. The van der Waals surface area contributed by atoms with Crippen molar-refractivity contribution in [2.75, 3.05) is 0 Å². The molecule has 2 bridgehead atoms. The zero-order valence-electron chi connectivity index (χ0n) is 15.1. The number of hydrogen-bond acceptors (Lipinski definition) is 2. The van der Waals surface area contributed by atoms with Crippen molar-refractivity contribution >= 4 is 11.6 Å². The molecule has 1 saturated carbocycles. The van der Waals surface area contributed by atoms with Crippen LogP contribution >= 0.6 is 0 Å². The van der Waals surface area contributed by atoms with Crippen LogP contribution in [0.2, 0.25) is 0 Å². The van der Waals surface area contributed by atoms with E-state index in [0.717, 1.165) is 12.0 Å². The van der Waals surface area contributed by atoms with Gasteiger partial charge in [0.25, 0.3) is 0 Å². The van der Waals surface area contributed by atoms with Gasteiger partial charge in [-0.1, -0.05) is 70.2 Å². The molecule has 23 heavy (non-hydrogen) atoms. The summed E-state index contributed by atoms with van der Waals surface area (Å²) in [5.41, 5.74) is 1.04. The van der Waals surface area contributed by atoms with Crippen LogP contribution in [0.3, 0.4) is 0 Å². The number of fused-ring (bicyclic) bond motifs is 2. The first-order valence-corrected chi connectivity index (χ1v) is 8.92. The number of allylic oxidation sites excluding steroid dienone is 2. The fraction of sp³-hybridized carbons (Fsp3) is 0.524. The molecule has 1 fully saturated rings. The molecule has 4 atom stereocenters. The maximum atomic E-state index is 12.5. The van der Waals surface area contributed by atoms with E-state index in [1.54, 1.807) is 6.92 Å². The Kier molecular flexibility index (Phi) is 7.94. The smallest absolute Gasteiger partial charge is 0.141 e. The van der Waals surface area contributed by atoms with Gasteiger partial charge in [0.1, 0.15) is 11.6 Å². The third kappa shape index (κ3) is 4.40. The summed E-state index contributed by atoms with van der Waals surface area (Å²) in [6.07, 6.45) is 5.70. The SMILES string of the molecule is CC.CC.CC(=O)C1C2C=CC(C2)C1C(=O)Cc1ccccc1. The van der Waals surface area contributed by atoms with Crippen LogP contribution in [0.15, 0.2) is 42.5 Å². The van der Waals surface area contributed by atoms with Crippen molar-refractivity contribution in [2.45, 2.75) is 47.5 Å². The molecule has 4 unspecified atom stereocenters. The number of ketones is 2. The highest BCUT2D eigenvalue weighted by Crippen LogP contribution is 2.48. The van der Waals surface area contributed by atoms with Crippen LogP contribution in [-0.4, -0.2) is 11.6 Å². The predicted molar refractivity (Wildman–Crippen MR) is 96.2 cm³/mol. The molecule has 1 aromatic rings. The lowest BCUT2D eigenvalue weighted by molar-refractivity contribution is -0.131. The van der Waals surface area contributed by atoms with Crippen molar-refractivity contribution in [1.29, 1.82) is 0 Å². The highest BCUT2D eigenvalue weighted by molar-refractivity contribution is 5.91. The Bertz CT molecular complexity index is 530. The van der Waals surface area contributed by atoms with Crippen LogP contribution in [0, 0.1) is 23.7 Å². The average Bonchev–Trinajstić information content (AvgIpc) is 3.20. The van der Waals surface area contributed by atoms with Gasteiger partial charge in [0.2, 0.25) is 0 Å². The summed E-state index contributed by atoms with van der Waals surface area (Å²) in [5.74, 6) is 0.813. The zero-order valence-corrected chi connectivity index (χ0v) is 15.1. The Morgan fingerprint density at radius 1 is 0.913 bits per heavy atom. The molecular formula is C21H30O2. The monoisotopic (exact) mass is 314 g/mol. The van der Waals surface area contributed by atoms with Crippen molar-refractivity contribution in [1.82, 2.24) is 0 Å². The fourth-order valence-corrected chi connectivity index (χ4v) is 3.73. The summed E-state index contributed by atoms with van der Waals surface area (Å²) in [7, 11) is 0. The van der Waals surface area contributed by atoms with Crippen molar-refractivity contribution in [3.63, 3.8) is 0 Å². The molecule has 0 spiro atoms. The van der Waals surface area contributed by atoms with E-state index in [9.17, 15) is 9.59 Å². The third-order valence-electron chi connectivity index (χ3n) is 4.52. The Morgan fingerprint density at radius 2 is 1.43 bits per heavy atom. The van der Waals surface area contributed by atoms with Crippen LogP contribution in [-0.2, 0) is 16.0 Å². The van der Waals surface area contributed by atoms with Crippen molar-refractivity contribution in [2.24, 2.45) is 23.7 Å². The maximum absolute atomic E-state index is 12.5. The van der Waals surface area contributed by atoms with Crippen LogP contribution in [0.25, 0.3) is 0 Å². The van der Waals surface area contributed by atoms with Gasteiger partial charge in [0.05, 0.1) is 0 Å². The molecular weight excluding hydrogens is 284 g/mol. The lowest BCUT2D eigenvalue weighted by atomic mass is 9.77. The van der Waals surface area contributed by atoms with Gasteiger partial charge in [-0.25, -0.2) is 0 Å². The Balaban J connectivity index is 0.000000615. The van der Waals surface area contributed by atoms with Gasteiger partial charge in [-0.15, -0.1) is 0 Å². The fourth-order valence-electron chi connectivity index (χ4n) is 3.73. The van der Waals surface area contributed by atoms with E-state index in [0.29, 0.717) is 12.3 Å². The van der Waals surface area contributed by atoms with E-state index < -0.39 is 0 Å². The summed E-state index contributed by atoms with van der Waals surface area (Å²) in [4.78, 5) is 24.4. The molecule has 2 nitrogen and oxygen atoms in total. The van der Waals surface area contributed by atoms with Gasteiger partial charge in [-0.05, 0) is 30.7 Å². The first kappa shape index (κ1) is 19.3. The molecule has 1 aromatic carbocycles. The van der Waals surface area contributed by atoms with E-state index in [-0.39, 0.29) is 29.3 Å². The summed E-state index contributed by atoms with van der Waals surface area (Å²) in [5, 5.41) is 0. The van der Waals surface area contributed by atoms with E-state index >= 15 is 0 Å². The van der Waals surface area contributed by atoms with E-state index in [1.165, 1.54) is 0 Å². The van der Waals surface area contributed by atoms with Gasteiger partial charge in [0, 0.05) is 18.3 Å². The van der Waals surface area contributed by atoms with Gasteiger partial charge in [0.15, 0.2) is 0 Å². The first-order chi connectivity index (χ1) is 11.2. The van der Waals surface area contributed by atoms with Crippen molar-refractivity contribution in [3.05, 3.63) is 48.0 Å². The van der Waals surface area contributed by atoms with E-state index in [4.69, 9.17) is 0 Å². The molecule has 0 N–H and O–H groups in total. The van der Waals surface area contributed by atoms with Crippen LogP contribution < -0.4 is 0 Å². The highest BCUT2D eigenvalue weighted by atomic mass is 16.1. The molecule has 0 radical (unpaired) electrons. The second kappa shape index (κ2) is 9.44. The predicted octanol–water partition coefficient (Wildman–Crippen LogP) is 4.88. The first-order valence-electron chi connectivity index (χ1n) is 8.92. The third-order valence-corrected chi connectivity index (χ3v) is 4.52. The van der Waals surface area contributed by atoms with Gasteiger partial charge in [-0.3, -0.25) is 9.59 Å². The largest absolute Gasteiger partial charge is 0.300 e. The summed E-state index contributed by atoms with van der Waals surface area (Å²) in [6.45, 7) is 9.63. The van der Waals surface area contributed by atoms with E-state index in [2.05, 4.69) is 12.2 Å². The number of carbonyl (C=O) groups is 2. The Labute approximate surface area is 141 Å². The molecule has 0 amide bonds.